The second-order valence-electron chi connectivity index (χ2n) is 4.60. The molecule has 1 rings (SSSR count). The molecule has 2 amide bonds. The molecule has 1 aliphatic heterocycles. The summed E-state index contributed by atoms with van der Waals surface area (Å²) in [6, 6.07) is 0.233. The van der Waals surface area contributed by atoms with Crippen LogP contribution in [0.4, 0.5) is 0 Å². The molecule has 92 valence electrons. The van der Waals surface area contributed by atoms with Gasteiger partial charge in [-0.25, -0.2) is 0 Å². The molecule has 0 saturated carbocycles. The fourth-order valence-corrected chi connectivity index (χ4v) is 2.05. The van der Waals surface area contributed by atoms with Crippen LogP contribution in [-0.4, -0.2) is 42.9 Å². The van der Waals surface area contributed by atoms with Crippen LogP contribution in [0.2, 0.25) is 0 Å². The van der Waals surface area contributed by atoms with E-state index < -0.39 is 5.91 Å². The maximum Gasteiger partial charge on any atom is 0.237 e. The molecule has 1 heterocycles. The highest BCUT2D eigenvalue weighted by molar-refractivity contribution is 5.83. The molecule has 2 unspecified atom stereocenters. The molecule has 0 aromatic heterocycles. The second-order valence-corrected chi connectivity index (χ2v) is 4.60. The van der Waals surface area contributed by atoms with E-state index in [1.165, 1.54) is 11.3 Å². The summed E-state index contributed by atoms with van der Waals surface area (Å²) in [5, 5.41) is 3.34. The van der Waals surface area contributed by atoms with E-state index in [1.807, 2.05) is 0 Å². The number of piperidine rings is 1. The number of nitrogens with zero attached hydrogens (tertiary/aromatic N) is 1. The summed E-state index contributed by atoms with van der Waals surface area (Å²) in [6.45, 7) is 3.12. The fraction of sp³-hybridized carbons (Fsp3) is 0.818. The van der Waals surface area contributed by atoms with Crippen LogP contribution >= 0.6 is 0 Å². The van der Waals surface area contributed by atoms with Crippen LogP contribution < -0.4 is 11.1 Å². The average Bonchev–Trinajstić information content (AvgIpc) is 2.20. The van der Waals surface area contributed by atoms with Gasteiger partial charge < -0.3 is 16.0 Å². The van der Waals surface area contributed by atoms with Gasteiger partial charge in [0.15, 0.2) is 0 Å². The number of amides is 2. The van der Waals surface area contributed by atoms with Crippen molar-refractivity contribution in [2.45, 2.75) is 32.2 Å². The fourth-order valence-electron chi connectivity index (χ4n) is 2.05. The largest absolute Gasteiger partial charge is 0.368 e. The number of rotatable bonds is 4. The lowest BCUT2D eigenvalue weighted by molar-refractivity contribution is -0.134. The molecule has 0 aromatic rings. The Kier molecular flexibility index (Phi) is 4.73. The van der Waals surface area contributed by atoms with Crippen LogP contribution in [0.25, 0.3) is 0 Å². The molecule has 1 saturated heterocycles. The summed E-state index contributed by atoms with van der Waals surface area (Å²) in [5.74, 6) is 0.0187. The lowest BCUT2D eigenvalue weighted by atomic mass is 9.90. The summed E-state index contributed by atoms with van der Waals surface area (Å²) in [5.41, 5.74) is 5.04. The minimum atomic E-state index is -0.472. The normalized spacial score (nSPS) is 25.1. The van der Waals surface area contributed by atoms with Crippen molar-refractivity contribution in [3.8, 4) is 0 Å². The Morgan fingerprint density at radius 2 is 2.19 bits per heavy atom. The van der Waals surface area contributed by atoms with Crippen molar-refractivity contribution < 1.29 is 9.59 Å². The Balaban J connectivity index is 2.40. The van der Waals surface area contributed by atoms with Crippen molar-refractivity contribution in [3.63, 3.8) is 0 Å². The number of carbonyl (C=O) groups excluding carboxylic acids is 2. The molecule has 0 spiro atoms. The third-order valence-electron chi connectivity index (χ3n) is 3.14. The highest BCUT2D eigenvalue weighted by Gasteiger charge is 2.24. The van der Waals surface area contributed by atoms with Gasteiger partial charge in [0.2, 0.25) is 11.8 Å². The van der Waals surface area contributed by atoms with Crippen molar-refractivity contribution in [3.05, 3.63) is 0 Å². The van der Waals surface area contributed by atoms with Crippen LogP contribution in [0.5, 0.6) is 0 Å². The van der Waals surface area contributed by atoms with E-state index in [9.17, 15) is 9.59 Å². The predicted molar refractivity (Wildman–Crippen MR) is 61.6 cm³/mol. The van der Waals surface area contributed by atoms with E-state index in [4.69, 9.17) is 5.73 Å². The molecule has 0 bridgehead atoms. The van der Waals surface area contributed by atoms with Crippen molar-refractivity contribution in [2.24, 2.45) is 11.7 Å². The first kappa shape index (κ1) is 13.0. The molecule has 1 fully saturated rings. The minimum Gasteiger partial charge on any atom is -0.368 e. The summed E-state index contributed by atoms with van der Waals surface area (Å²) < 4.78 is 0. The SMILES string of the molecule is CC1CCCNC1CC(=O)N(C)CC(N)=O. The Hall–Kier alpha value is -1.10. The van der Waals surface area contributed by atoms with Gasteiger partial charge in [-0.3, -0.25) is 9.59 Å². The van der Waals surface area contributed by atoms with E-state index in [1.54, 1.807) is 7.05 Å². The van der Waals surface area contributed by atoms with Crippen molar-refractivity contribution in [1.82, 2.24) is 10.2 Å². The number of hydrogen-bond donors (Lipinski definition) is 2. The van der Waals surface area contributed by atoms with Gasteiger partial charge in [0.25, 0.3) is 0 Å². The number of nitrogens with one attached hydrogen (secondary N) is 1. The maximum absolute atomic E-state index is 11.8. The molecule has 16 heavy (non-hydrogen) atoms. The molecular formula is C11H21N3O2. The Bertz CT molecular complexity index is 268. The summed E-state index contributed by atoms with van der Waals surface area (Å²) in [7, 11) is 1.61. The van der Waals surface area contributed by atoms with Gasteiger partial charge in [-0.2, -0.15) is 0 Å². The minimum absolute atomic E-state index is 0.0000652. The van der Waals surface area contributed by atoms with Gasteiger partial charge >= 0.3 is 0 Å². The Morgan fingerprint density at radius 1 is 1.50 bits per heavy atom. The zero-order valence-corrected chi connectivity index (χ0v) is 10.0. The molecule has 2 atom stereocenters. The highest BCUT2D eigenvalue weighted by Crippen LogP contribution is 2.18. The van der Waals surface area contributed by atoms with Crippen molar-refractivity contribution in [1.29, 1.82) is 0 Å². The van der Waals surface area contributed by atoms with Gasteiger partial charge in [0, 0.05) is 19.5 Å². The monoisotopic (exact) mass is 227 g/mol. The Morgan fingerprint density at radius 3 is 2.75 bits per heavy atom. The van der Waals surface area contributed by atoms with Crippen LogP contribution in [0.15, 0.2) is 0 Å². The smallest absolute Gasteiger partial charge is 0.237 e. The van der Waals surface area contributed by atoms with Gasteiger partial charge in [0.1, 0.15) is 0 Å². The molecule has 0 radical (unpaired) electrons. The van der Waals surface area contributed by atoms with Crippen LogP contribution in [0, 0.1) is 5.92 Å². The van der Waals surface area contributed by atoms with Gasteiger partial charge in [-0.05, 0) is 25.3 Å². The van der Waals surface area contributed by atoms with E-state index in [2.05, 4.69) is 12.2 Å². The quantitative estimate of drug-likeness (QED) is 0.693. The van der Waals surface area contributed by atoms with E-state index in [-0.39, 0.29) is 18.5 Å². The third-order valence-corrected chi connectivity index (χ3v) is 3.14. The first-order valence-electron chi connectivity index (χ1n) is 5.76. The van der Waals surface area contributed by atoms with Crippen LogP contribution in [0.3, 0.4) is 0 Å². The van der Waals surface area contributed by atoms with Crippen molar-refractivity contribution in [2.75, 3.05) is 20.1 Å². The topological polar surface area (TPSA) is 75.4 Å². The second kappa shape index (κ2) is 5.84. The average molecular weight is 227 g/mol. The molecule has 3 N–H and O–H groups in total. The first-order valence-corrected chi connectivity index (χ1v) is 5.76. The van der Waals surface area contributed by atoms with E-state index >= 15 is 0 Å². The van der Waals surface area contributed by atoms with E-state index in [0.717, 1.165) is 13.0 Å². The zero-order valence-electron chi connectivity index (χ0n) is 10.0. The number of likely N-dealkylation sites (N-methyl/N-ethyl adjacent to an activating group) is 1. The number of hydrogen-bond acceptors (Lipinski definition) is 3. The van der Waals surface area contributed by atoms with E-state index in [0.29, 0.717) is 12.3 Å². The lowest BCUT2D eigenvalue weighted by Crippen LogP contribution is -2.45. The molecular weight excluding hydrogens is 206 g/mol. The standard InChI is InChI=1S/C11H21N3O2/c1-8-4-3-5-13-9(8)6-11(16)14(2)7-10(12)15/h8-9,13H,3-7H2,1-2H3,(H2,12,15). The first-order chi connectivity index (χ1) is 7.50. The maximum atomic E-state index is 11.8. The predicted octanol–water partition coefficient (Wildman–Crippen LogP) is -0.292. The molecule has 0 aliphatic carbocycles. The molecule has 5 heteroatoms. The van der Waals surface area contributed by atoms with Gasteiger partial charge in [-0.1, -0.05) is 6.92 Å². The highest BCUT2D eigenvalue weighted by atomic mass is 16.2. The zero-order chi connectivity index (χ0) is 12.1. The summed E-state index contributed by atoms with van der Waals surface area (Å²) in [4.78, 5) is 23.8. The lowest BCUT2D eigenvalue weighted by Gasteiger charge is -2.30. The number of carbonyl (C=O) groups is 2. The summed E-state index contributed by atoms with van der Waals surface area (Å²) >= 11 is 0. The number of nitrogens with two attached hydrogens (primary N) is 1. The van der Waals surface area contributed by atoms with Gasteiger partial charge in [-0.15, -0.1) is 0 Å². The van der Waals surface area contributed by atoms with Crippen LogP contribution in [0.1, 0.15) is 26.2 Å². The van der Waals surface area contributed by atoms with Crippen molar-refractivity contribution >= 4 is 11.8 Å². The molecule has 0 aromatic carbocycles. The Labute approximate surface area is 96.4 Å². The molecule has 1 aliphatic rings. The third kappa shape index (κ3) is 3.81. The summed E-state index contributed by atoms with van der Waals surface area (Å²) in [6.07, 6.45) is 2.78. The molecule has 5 nitrogen and oxygen atoms in total. The van der Waals surface area contributed by atoms with Gasteiger partial charge in [0.05, 0.1) is 6.54 Å². The number of primary amides is 1. The van der Waals surface area contributed by atoms with Crippen LogP contribution in [-0.2, 0) is 9.59 Å².